The van der Waals surface area contributed by atoms with Gasteiger partial charge in [0.2, 0.25) is 0 Å². The van der Waals surface area contributed by atoms with Crippen LogP contribution in [0, 0.1) is 5.92 Å². The average Bonchev–Trinajstić information content (AvgIpc) is 2.56. The minimum Gasteiger partial charge on any atom is -0.458 e. The molecule has 132 valence electrons. The Morgan fingerprint density at radius 2 is 1.54 bits per heavy atom. The van der Waals surface area contributed by atoms with E-state index in [1.54, 1.807) is 26.0 Å². The summed E-state index contributed by atoms with van der Waals surface area (Å²) in [5.41, 5.74) is 1.54. The zero-order valence-electron chi connectivity index (χ0n) is 15.0. The Morgan fingerprint density at radius 1 is 1.00 bits per heavy atom. The number of ether oxygens (including phenoxy) is 2. The van der Waals surface area contributed by atoms with E-state index >= 15 is 0 Å². The fraction of sp³-hybridized carbons (Fsp3) is 0.579. The summed E-state index contributed by atoms with van der Waals surface area (Å²) in [4.78, 5) is 26.2. The largest absolute Gasteiger partial charge is 0.458 e. The summed E-state index contributed by atoms with van der Waals surface area (Å²) in [6, 6.07) is 7.28. The SMILES string of the molecule is CC(C)C(=O)O[C@@H]1CCCC[C@@H]1OC(=O)c1ccc(N(C)C)cc1. The molecule has 2 rings (SSSR count). The molecule has 1 fully saturated rings. The lowest BCUT2D eigenvalue weighted by Crippen LogP contribution is -2.38. The van der Waals surface area contributed by atoms with Gasteiger partial charge in [0, 0.05) is 19.8 Å². The van der Waals surface area contributed by atoms with Crippen molar-refractivity contribution in [2.24, 2.45) is 5.92 Å². The lowest BCUT2D eigenvalue weighted by Gasteiger charge is -2.31. The highest BCUT2D eigenvalue weighted by Crippen LogP contribution is 2.26. The van der Waals surface area contributed by atoms with Crippen LogP contribution < -0.4 is 4.90 Å². The van der Waals surface area contributed by atoms with Gasteiger partial charge in [0.05, 0.1) is 11.5 Å². The van der Waals surface area contributed by atoms with E-state index in [0.29, 0.717) is 5.56 Å². The van der Waals surface area contributed by atoms with Crippen molar-refractivity contribution >= 4 is 17.6 Å². The molecule has 0 bridgehead atoms. The summed E-state index contributed by atoms with van der Waals surface area (Å²) in [5, 5.41) is 0. The van der Waals surface area contributed by atoms with Crippen LogP contribution in [0.1, 0.15) is 49.9 Å². The van der Waals surface area contributed by atoms with Crippen LogP contribution in [-0.4, -0.2) is 38.2 Å². The van der Waals surface area contributed by atoms with Gasteiger partial charge in [0.1, 0.15) is 12.2 Å². The molecule has 5 nitrogen and oxygen atoms in total. The molecule has 0 spiro atoms. The van der Waals surface area contributed by atoms with Gasteiger partial charge in [-0.2, -0.15) is 0 Å². The van der Waals surface area contributed by atoms with Crippen LogP contribution in [0.25, 0.3) is 0 Å². The quantitative estimate of drug-likeness (QED) is 0.773. The molecule has 0 heterocycles. The molecule has 1 aromatic carbocycles. The van der Waals surface area contributed by atoms with E-state index in [4.69, 9.17) is 9.47 Å². The molecule has 0 radical (unpaired) electrons. The van der Waals surface area contributed by atoms with Crippen molar-refractivity contribution in [1.82, 2.24) is 0 Å². The smallest absolute Gasteiger partial charge is 0.338 e. The standard InChI is InChI=1S/C19H27NO4/c1-13(2)18(21)23-16-7-5-6-8-17(16)24-19(22)14-9-11-15(12-10-14)20(3)4/h9-13,16-17H,5-8H2,1-4H3/t16-,17+/m1/s1. The summed E-state index contributed by atoms with van der Waals surface area (Å²) < 4.78 is 11.2. The summed E-state index contributed by atoms with van der Waals surface area (Å²) in [5.74, 6) is -0.780. The number of anilines is 1. The molecule has 1 aliphatic rings. The highest BCUT2D eigenvalue weighted by Gasteiger charge is 2.32. The van der Waals surface area contributed by atoms with Gasteiger partial charge in [-0.3, -0.25) is 4.79 Å². The molecule has 5 heteroatoms. The van der Waals surface area contributed by atoms with Crippen LogP contribution in [0.15, 0.2) is 24.3 Å². The molecule has 24 heavy (non-hydrogen) atoms. The van der Waals surface area contributed by atoms with Gasteiger partial charge in [-0.1, -0.05) is 13.8 Å². The van der Waals surface area contributed by atoms with Crippen LogP contribution in [0.2, 0.25) is 0 Å². The van der Waals surface area contributed by atoms with Gasteiger partial charge < -0.3 is 14.4 Å². The van der Waals surface area contributed by atoms with Crippen molar-refractivity contribution < 1.29 is 19.1 Å². The van der Waals surface area contributed by atoms with Gasteiger partial charge in [-0.05, 0) is 49.9 Å². The number of carbonyl (C=O) groups excluding carboxylic acids is 2. The van der Waals surface area contributed by atoms with Gasteiger partial charge >= 0.3 is 11.9 Å². The normalized spacial score (nSPS) is 20.5. The molecule has 0 N–H and O–H groups in total. The Kier molecular flexibility index (Phi) is 6.23. The average molecular weight is 333 g/mol. The molecule has 1 aromatic rings. The number of esters is 2. The third kappa shape index (κ3) is 4.73. The second-order valence-electron chi connectivity index (χ2n) is 6.80. The van der Waals surface area contributed by atoms with Crippen molar-refractivity contribution in [1.29, 1.82) is 0 Å². The molecular weight excluding hydrogens is 306 g/mol. The van der Waals surface area contributed by atoms with Crippen molar-refractivity contribution in [2.45, 2.75) is 51.7 Å². The molecule has 0 aliphatic heterocycles. The molecular formula is C19H27NO4. The lowest BCUT2D eigenvalue weighted by molar-refractivity contribution is -0.161. The maximum Gasteiger partial charge on any atom is 0.338 e. The van der Waals surface area contributed by atoms with E-state index < -0.39 is 0 Å². The maximum atomic E-state index is 12.4. The fourth-order valence-corrected chi connectivity index (χ4v) is 2.72. The minimum atomic E-state index is -0.363. The lowest BCUT2D eigenvalue weighted by atomic mass is 9.94. The number of carbonyl (C=O) groups is 2. The van der Waals surface area contributed by atoms with Crippen LogP contribution in [0.5, 0.6) is 0 Å². The topological polar surface area (TPSA) is 55.8 Å². The highest BCUT2D eigenvalue weighted by atomic mass is 16.6. The predicted molar refractivity (Wildman–Crippen MR) is 93.2 cm³/mol. The predicted octanol–water partition coefficient (Wildman–Crippen LogP) is 3.42. The Balaban J connectivity index is 2.00. The minimum absolute atomic E-state index is 0.179. The third-order valence-corrected chi connectivity index (χ3v) is 4.26. The molecule has 0 saturated heterocycles. The highest BCUT2D eigenvalue weighted by molar-refractivity contribution is 5.90. The van der Waals surface area contributed by atoms with Crippen molar-refractivity contribution in [2.75, 3.05) is 19.0 Å². The van der Waals surface area contributed by atoms with Crippen LogP contribution in [-0.2, 0) is 14.3 Å². The molecule has 2 atom stereocenters. The van der Waals surface area contributed by atoms with Gasteiger partial charge in [0.25, 0.3) is 0 Å². The van der Waals surface area contributed by atoms with E-state index in [1.165, 1.54) is 0 Å². The third-order valence-electron chi connectivity index (χ3n) is 4.26. The van der Waals surface area contributed by atoms with Crippen molar-refractivity contribution in [3.8, 4) is 0 Å². The van der Waals surface area contributed by atoms with Gasteiger partial charge in [-0.25, -0.2) is 4.79 Å². The number of rotatable bonds is 5. The Hall–Kier alpha value is -2.04. The second-order valence-corrected chi connectivity index (χ2v) is 6.80. The molecule has 0 unspecified atom stereocenters. The van der Waals surface area contributed by atoms with E-state index in [1.807, 2.05) is 31.1 Å². The monoisotopic (exact) mass is 333 g/mol. The van der Waals surface area contributed by atoms with Crippen molar-refractivity contribution in [3.63, 3.8) is 0 Å². The van der Waals surface area contributed by atoms with E-state index in [9.17, 15) is 9.59 Å². The summed E-state index contributed by atoms with van der Waals surface area (Å²) in [6.07, 6.45) is 2.75. The first-order valence-corrected chi connectivity index (χ1v) is 8.57. The first kappa shape index (κ1) is 18.3. The summed E-state index contributed by atoms with van der Waals surface area (Å²) >= 11 is 0. The zero-order valence-corrected chi connectivity index (χ0v) is 15.0. The Morgan fingerprint density at radius 3 is 2.04 bits per heavy atom. The van der Waals surface area contributed by atoms with Crippen LogP contribution in [0.3, 0.4) is 0 Å². The zero-order chi connectivity index (χ0) is 17.7. The fourth-order valence-electron chi connectivity index (χ4n) is 2.72. The number of hydrogen-bond acceptors (Lipinski definition) is 5. The van der Waals surface area contributed by atoms with Crippen LogP contribution in [0.4, 0.5) is 5.69 Å². The molecule has 0 amide bonds. The van der Waals surface area contributed by atoms with Gasteiger partial charge in [0.15, 0.2) is 0 Å². The van der Waals surface area contributed by atoms with Crippen molar-refractivity contribution in [3.05, 3.63) is 29.8 Å². The first-order chi connectivity index (χ1) is 11.4. The van der Waals surface area contributed by atoms with Crippen LogP contribution >= 0.6 is 0 Å². The van der Waals surface area contributed by atoms with E-state index in [-0.39, 0.29) is 30.1 Å². The second kappa shape index (κ2) is 8.18. The van der Waals surface area contributed by atoms with E-state index in [2.05, 4.69) is 0 Å². The molecule has 0 aromatic heterocycles. The molecule has 1 aliphatic carbocycles. The Bertz CT molecular complexity index is 565. The van der Waals surface area contributed by atoms with E-state index in [0.717, 1.165) is 31.4 Å². The molecule has 1 saturated carbocycles. The number of nitrogens with zero attached hydrogens (tertiary/aromatic N) is 1. The first-order valence-electron chi connectivity index (χ1n) is 8.57. The summed E-state index contributed by atoms with van der Waals surface area (Å²) in [6.45, 7) is 3.61. The number of hydrogen-bond donors (Lipinski definition) is 0. The summed E-state index contributed by atoms with van der Waals surface area (Å²) in [7, 11) is 3.89. The Labute approximate surface area is 143 Å². The van der Waals surface area contributed by atoms with Gasteiger partial charge in [-0.15, -0.1) is 0 Å². The maximum absolute atomic E-state index is 12.4. The number of benzene rings is 1.